The number of rotatable bonds is 0. The largest absolute Gasteiger partial charge is 0.467 e. The second-order valence-electron chi connectivity index (χ2n) is 3.21. The summed E-state index contributed by atoms with van der Waals surface area (Å²) in [5.74, 6) is 0. The Hall–Kier alpha value is -1.70. The van der Waals surface area contributed by atoms with Gasteiger partial charge in [-0.05, 0) is 18.2 Å². The maximum absolute atomic E-state index is 5.65. The van der Waals surface area contributed by atoms with Gasteiger partial charge in [-0.2, -0.15) is 0 Å². The van der Waals surface area contributed by atoms with Crippen molar-refractivity contribution in [1.29, 1.82) is 0 Å². The Bertz CT molecular complexity index is 398. The highest BCUT2D eigenvalue weighted by Gasteiger charge is 2.41. The summed E-state index contributed by atoms with van der Waals surface area (Å²) in [5, 5.41) is 3.23. The molecule has 3 rings (SSSR count). The minimum absolute atomic E-state index is 0.427. The third kappa shape index (κ3) is 0.724. The molecule has 0 aromatic rings. The molecule has 0 amide bonds. The van der Waals surface area contributed by atoms with Crippen LogP contribution in [0.15, 0.2) is 60.1 Å². The van der Waals surface area contributed by atoms with E-state index in [0.29, 0.717) is 0 Å². The first-order valence-electron chi connectivity index (χ1n) is 4.30. The lowest BCUT2D eigenvalue weighted by molar-refractivity contribution is 0.0797. The number of nitrogens with one attached hydrogen (secondary N) is 1. The van der Waals surface area contributed by atoms with Crippen molar-refractivity contribution in [1.82, 2.24) is 5.32 Å². The molecule has 1 atom stereocenters. The summed E-state index contributed by atoms with van der Waals surface area (Å²) in [5.41, 5.74) is 1.88. The summed E-state index contributed by atoms with van der Waals surface area (Å²) >= 11 is 0. The molecule has 0 saturated heterocycles. The lowest BCUT2D eigenvalue weighted by Gasteiger charge is -2.35. The zero-order valence-electron chi connectivity index (χ0n) is 7.03. The van der Waals surface area contributed by atoms with Crippen LogP contribution in [0.5, 0.6) is 0 Å². The minimum atomic E-state index is -0.427. The highest BCUT2D eigenvalue weighted by atomic mass is 16.5. The molecule has 0 aromatic carbocycles. The van der Waals surface area contributed by atoms with Crippen molar-refractivity contribution in [3.8, 4) is 0 Å². The van der Waals surface area contributed by atoms with Crippen LogP contribution in [0.3, 0.4) is 0 Å². The molecule has 3 aliphatic rings. The predicted octanol–water partition coefficient (Wildman–Crippen LogP) is 1.77. The van der Waals surface area contributed by atoms with Crippen molar-refractivity contribution in [2.45, 2.75) is 5.72 Å². The van der Waals surface area contributed by atoms with Gasteiger partial charge in [-0.15, -0.1) is 0 Å². The van der Waals surface area contributed by atoms with E-state index < -0.39 is 5.72 Å². The average molecular weight is 171 g/mol. The van der Waals surface area contributed by atoms with Crippen molar-refractivity contribution < 1.29 is 4.74 Å². The molecule has 0 aromatic heterocycles. The average Bonchev–Trinajstić information content (AvgIpc) is 2.58. The molecule has 1 unspecified atom stereocenters. The van der Waals surface area contributed by atoms with E-state index in [-0.39, 0.29) is 0 Å². The van der Waals surface area contributed by atoms with Crippen LogP contribution in [0.2, 0.25) is 0 Å². The number of hydrogen-bond donors (Lipinski definition) is 1. The fraction of sp³-hybridized carbons (Fsp3) is 0.0909. The maximum atomic E-state index is 5.65. The van der Waals surface area contributed by atoms with Crippen LogP contribution in [0.4, 0.5) is 0 Å². The molecule has 1 spiro atoms. The molecule has 2 heterocycles. The number of allylic oxidation sites excluding steroid dienone is 4. The van der Waals surface area contributed by atoms with E-state index in [4.69, 9.17) is 4.74 Å². The lowest BCUT2D eigenvalue weighted by Crippen LogP contribution is -2.45. The molecule has 1 aliphatic carbocycles. The topological polar surface area (TPSA) is 21.3 Å². The van der Waals surface area contributed by atoms with Crippen molar-refractivity contribution >= 4 is 0 Å². The zero-order valence-corrected chi connectivity index (χ0v) is 7.03. The molecule has 0 saturated carbocycles. The van der Waals surface area contributed by atoms with Gasteiger partial charge >= 0.3 is 0 Å². The third-order valence-corrected chi connectivity index (χ3v) is 2.51. The summed E-state index contributed by atoms with van der Waals surface area (Å²) in [7, 11) is 0. The van der Waals surface area contributed by atoms with Gasteiger partial charge in [0.05, 0.1) is 6.26 Å². The fourth-order valence-corrected chi connectivity index (χ4v) is 1.87. The summed E-state index contributed by atoms with van der Waals surface area (Å²) in [6.07, 6.45) is 15.8. The van der Waals surface area contributed by atoms with Gasteiger partial charge in [0.15, 0.2) is 0 Å². The molecular formula is C11H9NO. The molecule has 2 nitrogen and oxygen atoms in total. The maximum Gasteiger partial charge on any atom is 0.232 e. The second-order valence-corrected chi connectivity index (χ2v) is 3.21. The zero-order chi connectivity index (χ0) is 8.73. The quantitative estimate of drug-likeness (QED) is 0.599. The molecule has 64 valence electrons. The van der Waals surface area contributed by atoms with Crippen molar-refractivity contribution in [2.75, 3.05) is 0 Å². The molecule has 13 heavy (non-hydrogen) atoms. The van der Waals surface area contributed by atoms with Crippen molar-refractivity contribution in [3.63, 3.8) is 0 Å². The Morgan fingerprint density at radius 1 is 1.08 bits per heavy atom. The number of hydrogen-bond acceptors (Lipinski definition) is 2. The summed E-state index contributed by atoms with van der Waals surface area (Å²) in [6, 6.07) is 0. The molecule has 1 N–H and O–H groups in total. The van der Waals surface area contributed by atoms with E-state index >= 15 is 0 Å². The first-order valence-corrected chi connectivity index (χ1v) is 4.30. The molecule has 2 aliphatic heterocycles. The second kappa shape index (κ2) is 2.16. The van der Waals surface area contributed by atoms with E-state index in [0.717, 1.165) is 11.1 Å². The van der Waals surface area contributed by atoms with E-state index in [9.17, 15) is 0 Å². The highest BCUT2D eigenvalue weighted by molar-refractivity contribution is 5.54. The van der Waals surface area contributed by atoms with Gasteiger partial charge in [0.25, 0.3) is 0 Å². The highest BCUT2D eigenvalue weighted by Crippen LogP contribution is 2.37. The van der Waals surface area contributed by atoms with Gasteiger partial charge in [-0.3, -0.25) is 0 Å². The lowest BCUT2D eigenvalue weighted by atomic mass is 9.90. The van der Waals surface area contributed by atoms with Crippen LogP contribution in [0.25, 0.3) is 0 Å². The normalized spacial score (nSPS) is 32.6. The van der Waals surface area contributed by atoms with Crippen LogP contribution in [-0.4, -0.2) is 5.72 Å². The summed E-state index contributed by atoms with van der Waals surface area (Å²) in [6.45, 7) is 0. The molecular weight excluding hydrogens is 162 g/mol. The predicted molar refractivity (Wildman–Crippen MR) is 50.5 cm³/mol. The first kappa shape index (κ1) is 6.78. The van der Waals surface area contributed by atoms with E-state index in [1.165, 1.54) is 0 Å². The van der Waals surface area contributed by atoms with Crippen LogP contribution in [0.1, 0.15) is 0 Å². The fourth-order valence-electron chi connectivity index (χ4n) is 1.87. The Balaban J connectivity index is 2.19. The van der Waals surface area contributed by atoms with Gasteiger partial charge in [-0.1, -0.05) is 18.2 Å². The van der Waals surface area contributed by atoms with E-state index in [2.05, 4.69) is 23.5 Å². The number of ether oxygens (including phenoxy) is 1. The van der Waals surface area contributed by atoms with Crippen LogP contribution in [-0.2, 0) is 4.74 Å². The van der Waals surface area contributed by atoms with Gasteiger partial charge in [0.1, 0.15) is 0 Å². The van der Waals surface area contributed by atoms with Crippen LogP contribution < -0.4 is 5.32 Å². The molecule has 0 radical (unpaired) electrons. The smallest absolute Gasteiger partial charge is 0.232 e. The summed E-state index contributed by atoms with van der Waals surface area (Å²) < 4.78 is 5.65. The van der Waals surface area contributed by atoms with Gasteiger partial charge in [0.2, 0.25) is 5.72 Å². The van der Waals surface area contributed by atoms with Crippen LogP contribution >= 0.6 is 0 Å². The Kier molecular flexibility index (Phi) is 1.13. The Morgan fingerprint density at radius 3 is 2.92 bits per heavy atom. The van der Waals surface area contributed by atoms with E-state index in [1.54, 1.807) is 6.26 Å². The monoisotopic (exact) mass is 171 g/mol. The SMILES string of the molecule is C1=COC23NC=CC2=CC=CC3=C1. The van der Waals surface area contributed by atoms with Crippen LogP contribution in [0, 0.1) is 0 Å². The van der Waals surface area contributed by atoms with E-state index in [1.807, 2.05) is 24.4 Å². The van der Waals surface area contributed by atoms with Crippen molar-refractivity contribution in [2.24, 2.45) is 0 Å². The Morgan fingerprint density at radius 2 is 1.92 bits per heavy atom. The van der Waals surface area contributed by atoms with Gasteiger partial charge in [0, 0.05) is 17.3 Å². The molecule has 2 heteroatoms. The first-order chi connectivity index (χ1) is 6.42. The molecule has 0 fully saturated rings. The minimum Gasteiger partial charge on any atom is -0.467 e. The third-order valence-electron chi connectivity index (χ3n) is 2.51. The molecule has 0 bridgehead atoms. The van der Waals surface area contributed by atoms with Gasteiger partial charge in [-0.25, -0.2) is 0 Å². The van der Waals surface area contributed by atoms with Crippen molar-refractivity contribution in [3.05, 3.63) is 60.1 Å². The summed E-state index contributed by atoms with van der Waals surface area (Å²) in [4.78, 5) is 0. The Labute approximate surface area is 76.6 Å². The standard InChI is InChI=1S/C11H9NO/c1-3-9-5-2-8-13-11(9)10(4-1)6-7-12-11/h1-8,12H. The van der Waals surface area contributed by atoms with Gasteiger partial charge < -0.3 is 10.1 Å².